The minimum atomic E-state index is -0.771. The second kappa shape index (κ2) is 5.46. The van der Waals surface area contributed by atoms with E-state index in [-0.39, 0.29) is 11.9 Å². The van der Waals surface area contributed by atoms with Crippen molar-refractivity contribution in [1.82, 2.24) is 0 Å². The third-order valence-corrected chi connectivity index (χ3v) is 3.79. The monoisotopic (exact) mass is 242 g/mol. The van der Waals surface area contributed by atoms with Gasteiger partial charge in [-0.3, -0.25) is 4.79 Å². The van der Waals surface area contributed by atoms with Crippen molar-refractivity contribution in [2.24, 2.45) is 11.8 Å². The van der Waals surface area contributed by atoms with Crippen molar-refractivity contribution >= 4 is 17.3 Å². The first-order valence-corrected chi connectivity index (χ1v) is 6.16. The number of aryl methyl sites for hydroxylation is 1. The van der Waals surface area contributed by atoms with Gasteiger partial charge in [-0.05, 0) is 29.9 Å². The Bertz CT molecular complexity index is 357. The molecule has 3 nitrogen and oxygen atoms in total. The van der Waals surface area contributed by atoms with Gasteiger partial charge in [0, 0.05) is 4.88 Å². The fourth-order valence-corrected chi connectivity index (χ4v) is 2.71. The Kier molecular flexibility index (Phi) is 4.50. The Hall–Kier alpha value is -0.870. The first kappa shape index (κ1) is 13.2. The highest BCUT2D eigenvalue weighted by Crippen LogP contribution is 2.33. The van der Waals surface area contributed by atoms with Gasteiger partial charge in [0.25, 0.3) is 0 Å². The summed E-state index contributed by atoms with van der Waals surface area (Å²) in [6.07, 6.45) is -0.771. The van der Waals surface area contributed by atoms with Gasteiger partial charge in [0.2, 0.25) is 0 Å². The van der Waals surface area contributed by atoms with E-state index >= 15 is 0 Å². The molecule has 2 unspecified atom stereocenters. The van der Waals surface area contributed by atoms with Gasteiger partial charge in [-0.1, -0.05) is 13.8 Å². The second-order valence-corrected chi connectivity index (χ2v) is 5.15. The summed E-state index contributed by atoms with van der Waals surface area (Å²) in [5.41, 5.74) is 1.02. The van der Waals surface area contributed by atoms with Crippen LogP contribution in [0.2, 0.25) is 0 Å². The van der Waals surface area contributed by atoms with E-state index in [1.165, 1.54) is 18.4 Å². The number of esters is 1. The summed E-state index contributed by atoms with van der Waals surface area (Å²) < 4.78 is 4.74. The zero-order valence-electron chi connectivity index (χ0n) is 10.1. The van der Waals surface area contributed by atoms with Crippen LogP contribution in [0.1, 0.15) is 30.4 Å². The van der Waals surface area contributed by atoms with E-state index in [0.29, 0.717) is 0 Å². The number of aliphatic hydroxyl groups excluding tert-OH is 1. The molecule has 0 aromatic carbocycles. The van der Waals surface area contributed by atoms with Crippen molar-refractivity contribution in [3.63, 3.8) is 0 Å². The molecule has 1 aromatic rings. The van der Waals surface area contributed by atoms with E-state index in [1.54, 1.807) is 0 Å². The lowest BCUT2D eigenvalue weighted by atomic mass is 9.88. The van der Waals surface area contributed by atoms with Gasteiger partial charge < -0.3 is 9.84 Å². The molecule has 0 radical (unpaired) electrons. The van der Waals surface area contributed by atoms with E-state index in [1.807, 2.05) is 32.2 Å². The van der Waals surface area contributed by atoms with Crippen LogP contribution in [0.25, 0.3) is 0 Å². The molecule has 4 heteroatoms. The van der Waals surface area contributed by atoms with Crippen LogP contribution in [0.5, 0.6) is 0 Å². The lowest BCUT2D eigenvalue weighted by molar-refractivity contribution is -0.151. The van der Waals surface area contributed by atoms with E-state index in [4.69, 9.17) is 4.74 Å². The topological polar surface area (TPSA) is 46.5 Å². The minimum absolute atomic E-state index is 0.0453. The van der Waals surface area contributed by atoms with Crippen molar-refractivity contribution in [2.45, 2.75) is 26.9 Å². The van der Waals surface area contributed by atoms with Crippen molar-refractivity contribution in [3.05, 3.63) is 21.9 Å². The van der Waals surface area contributed by atoms with Crippen LogP contribution in [-0.4, -0.2) is 18.2 Å². The molecular formula is C12H18O3S. The number of carbonyl (C=O) groups excluding carboxylic acids is 1. The van der Waals surface area contributed by atoms with Gasteiger partial charge in [0.05, 0.1) is 13.0 Å². The molecule has 16 heavy (non-hydrogen) atoms. The zero-order valence-corrected chi connectivity index (χ0v) is 10.9. The summed E-state index contributed by atoms with van der Waals surface area (Å²) >= 11 is 1.47. The maximum Gasteiger partial charge on any atom is 0.311 e. The molecule has 0 aliphatic carbocycles. The molecule has 90 valence electrons. The Labute approximate surface area is 100 Å². The van der Waals surface area contributed by atoms with Crippen LogP contribution in [0.15, 0.2) is 11.4 Å². The SMILES string of the molecule is COC(=O)C(C(C)C)C(O)c1sccc1C. The summed E-state index contributed by atoms with van der Waals surface area (Å²) in [5.74, 6) is -0.804. The van der Waals surface area contributed by atoms with Gasteiger partial charge in [-0.25, -0.2) is 0 Å². The Morgan fingerprint density at radius 1 is 1.50 bits per heavy atom. The fourth-order valence-electron chi connectivity index (χ4n) is 1.75. The van der Waals surface area contributed by atoms with Crippen molar-refractivity contribution in [2.75, 3.05) is 7.11 Å². The number of hydrogen-bond donors (Lipinski definition) is 1. The van der Waals surface area contributed by atoms with E-state index < -0.39 is 12.0 Å². The molecule has 1 rings (SSSR count). The number of rotatable bonds is 4. The lowest BCUT2D eigenvalue weighted by Gasteiger charge is -2.23. The predicted octanol–water partition coefficient (Wildman–Crippen LogP) is 2.54. The van der Waals surface area contributed by atoms with Crippen molar-refractivity contribution in [1.29, 1.82) is 0 Å². The molecule has 0 spiro atoms. The standard InChI is InChI=1S/C12H18O3S/c1-7(2)9(12(14)15-4)10(13)11-8(3)5-6-16-11/h5-7,9-10,13H,1-4H3. The molecule has 1 N–H and O–H groups in total. The van der Waals surface area contributed by atoms with Crippen LogP contribution in [0.3, 0.4) is 0 Å². The summed E-state index contributed by atoms with van der Waals surface area (Å²) in [4.78, 5) is 12.5. The van der Waals surface area contributed by atoms with E-state index in [0.717, 1.165) is 10.4 Å². The summed E-state index contributed by atoms with van der Waals surface area (Å²) in [7, 11) is 1.35. The average Bonchev–Trinajstić information content (AvgIpc) is 2.63. The largest absolute Gasteiger partial charge is 0.469 e. The molecule has 2 atom stereocenters. The highest BCUT2D eigenvalue weighted by molar-refractivity contribution is 7.10. The summed E-state index contributed by atoms with van der Waals surface area (Å²) in [6.45, 7) is 5.76. The minimum Gasteiger partial charge on any atom is -0.469 e. The highest BCUT2D eigenvalue weighted by Gasteiger charge is 2.33. The van der Waals surface area contributed by atoms with Gasteiger partial charge in [0.15, 0.2) is 0 Å². The highest BCUT2D eigenvalue weighted by atomic mass is 32.1. The molecular weight excluding hydrogens is 224 g/mol. The number of thiophene rings is 1. The normalized spacial score (nSPS) is 14.9. The van der Waals surface area contributed by atoms with Gasteiger partial charge in [0.1, 0.15) is 6.10 Å². The van der Waals surface area contributed by atoms with E-state index in [2.05, 4.69) is 0 Å². The molecule has 1 heterocycles. The summed E-state index contributed by atoms with van der Waals surface area (Å²) in [5, 5.41) is 12.2. The lowest BCUT2D eigenvalue weighted by Crippen LogP contribution is -2.28. The van der Waals surface area contributed by atoms with Gasteiger partial charge >= 0.3 is 5.97 Å². The van der Waals surface area contributed by atoms with Crippen LogP contribution in [0.4, 0.5) is 0 Å². The number of methoxy groups -OCH3 is 1. The molecule has 1 aromatic heterocycles. The summed E-state index contributed by atoms with van der Waals surface area (Å²) in [6, 6.07) is 1.94. The smallest absolute Gasteiger partial charge is 0.311 e. The van der Waals surface area contributed by atoms with Gasteiger partial charge in [-0.2, -0.15) is 0 Å². The van der Waals surface area contributed by atoms with Gasteiger partial charge in [-0.15, -0.1) is 11.3 Å². The quantitative estimate of drug-likeness (QED) is 0.825. The molecule has 0 saturated carbocycles. The first-order valence-electron chi connectivity index (χ1n) is 5.29. The molecule has 0 aliphatic rings. The molecule has 0 fully saturated rings. The second-order valence-electron chi connectivity index (χ2n) is 4.21. The molecule has 0 saturated heterocycles. The van der Waals surface area contributed by atoms with Crippen LogP contribution in [-0.2, 0) is 9.53 Å². The predicted molar refractivity (Wildman–Crippen MR) is 64.4 cm³/mol. The van der Waals surface area contributed by atoms with Crippen LogP contribution < -0.4 is 0 Å². The van der Waals surface area contributed by atoms with Crippen molar-refractivity contribution < 1.29 is 14.6 Å². The number of aliphatic hydroxyl groups is 1. The number of ether oxygens (including phenoxy) is 1. The Morgan fingerprint density at radius 3 is 2.50 bits per heavy atom. The third-order valence-electron chi connectivity index (χ3n) is 2.70. The zero-order chi connectivity index (χ0) is 12.3. The van der Waals surface area contributed by atoms with Crippen molar-refractivity contribution in [3.8, 4) is 0 Å². The Morgan fingerprint density at radius 2 is 2.12 bits per heavy atom. The Balaban J connectivity index is 2.96. The first-order chi connectivity index (χ1) is 7.49. The molecule has 0 amide bonds. The van der Waals surface area contributed by atoms with E-state index in [9.17, 15) is 9.90 Å². The molecule has 0 aliphatic heterocycles. The average molecular weight is 242 g/mol. The van der Waals surface area contributed by atoms with Crippen LogP contribution >= 0.6 is 11.3 Å². The third kappa shape index (κ3) is 2.62. The number of carbonyl (C=O) groups is 1. The van der Waals surface area contributed by atoms with Crippen LogP contribution in [0, 0.1) is 18.8 Å². The fraction of sp³-hybridized carbons (Fsp3) is 0.583. The molecule has 0 bridgehead atoms. The number of hydrogen-bond acceptors (Lipinski definition) is 4. The maximum absolute atomic E-state index is 11.6. The maximum atomic E-state index is 11.6.